The molecule has 0 saturated carbocycles. The maximum atomic E-state index is 10.2. The van der Waals surface area contributed by atoms with E-state index in [0.29, 0.717) is 24.9 Å². The fourth-order valence-corrected chi connectivity index (χ4v) is 0.710. The summed E-state index contributed by atoms with van der Waals surface area (Å²) in [5, 5.41) is 0. The maximum absolute atomic E-state index is 10.2. The van der Waals surface area contributed by atoms with Gasteiger partial charge in [-0.05, 0) is 26.0 Å². The molecule has 0 unspecified atom stereocenters. The van der Waals surface area contributed by atoms with Gasteiger partial charge in [0.2, 0.25) is 0 Å². The van der Waals surface area contributed by atoms with E-state index in [1.165, 1.54) is 20.1 Å². The van der Waals surface area contributed by atoms with Crippen molar-refractivity contribution >= 4 is 17.9 Å². The second-order valence-corrected chi connectivity index (χ2v) is 3.04. The third kappa shape index (κ3) is 8.62. The van der Waals surface area contributed by atoms with Crippen molar-refractivity contribution in [3.8, 4) is 0 Å². The summed E-state index contributed by atoms with van der Waals surface area (Å²) < 4.78 is 4.61. The monoisotopic (exact) mass is 210 g/mol. The Morgan fingerprint density at radius 1 is 1.27 bits per heavy atom. The summed E-state index contributed by atoms with van der Waals surface area (Å²) in [6.07, 6.45) is 2.92. The molecule has 82 valence electrons. The van der Waals surface area contributed by atoms with Crippen molar-refractivity contribution in [3.05, 3.63) is 24.2 Å². The van der Waals surface area contributed by atoms with Gasteiger partial charge in [-0.3, -0.25) is 4.79 Å². The van der Waals surface area contributed by atoms with Gasteiger partial charge in [-0.1, -0.05) is 0 Å². The molecule has 0 N–H and O–H groups in total. The van der Waals surface area contributed by atoms with Crippen LogP contribution >= 0.6 is 0 Å². The SMILES string of the molecule is CC(=O)CCC(C)=O.O=Cc1ccco1. The quantitative estimate of drug-likeness (QED) is 0.713. The molecule has 0 saturated heterocycles. The second kappa shape index (κ2) is 7.67. The van der Waals surface area contributed by atoms with Gasteiger partial charge < -0.3 is 14.0 Å². The number of hydrogen-bond donors (Lipinski definition) is 0. The van der Waals surface area contributed by atoms with Crippen LogP contribution in [-0.4, -0.2) is 17.9 Å². The molecule has 1 aromatic rings. The predicted molar refractivity (Wildman–Crippen MR) is 54.7 cm³/mol. The van der Waals surface area contributed by atoms with Crippen LogP contribution in [0.25, 0.3) is 0 Å². The average molecular weight is 210 g/mol. The molecule has 1 aromatic heterocycles. The molecule has 0 fully saturated rings. The molecule has 0 atom stereocenters. The number of aldehydes is 1. The average Bonchev–Trinajstić information content (AvgIpc) is 2.68. The van der Waals surface area contributed by atoms with Crippen molar-refractivity contribution in [2.45, 2.75) is 26.7 Å². The zero-order valence-electron chi connectivity index (χ0n) is 8.86. The summed E-state index contributed by atoms with van der Waals surface area (Å²) in [5.41, 5.74) is 0. The van der Waals surface area contributed by atoms with E-state index < -0.39 is 0 Å². The van der Waals surface area contributed by atoms with Gasteiger partial charge in [0, 0.05) is 12.8 Å². The highest BCUT2D eigenvalue weighted by Crippen LogP contribution is 1.92. The molecule has 0 aliphatic rings. The van der Waals surface area contributed by atoms with E-state index in [1.54, 1.807) is 12.1 Å². The molecule has 0 spiro atoms. The maximum Gasteiger partial charge on any atom is 0.185 e. The lowest BCUT2D eigenvalue weighted by molar-refractivity contribution is -0.122. The summed E-state index contributed by atoms with van der Waals surface area (Å²) in [7, 11) is 0. The number of carbonyl (C=O) groups is 3. The van der Waals surface area contributed by atoms with Gasteiger partial charge in [0.15, 0.2) is 12.0 Å². The molecule has 0 radical (unpaired) electrons. The Morgan fingerprint density at radius 2 is 1.80 bits per heavy atom. The molecular weight excluding hydrogens is 196 g/mol. The lowest BCUT2D eigenvalue weighted by Crippen LogP contribution is -1.95. The molecule has 0 aromatic carbocycles. The smallest absolute Gasteiger partial charge is 0.185 e. The highest BCUT2D eigenvalue weighted by atomic mass is 16.3. The fraction of sp³-hybridized carbons (Fsp3) is 0.364. The Balaban J connectivity index is 0.000000262. The van der Waals surface area contributed by atoms with Gasteiger partial charge in [-0.2, -0.15) is 0 Å². The molecule has 0 aliphatic carbocycles. The molecule has 0 amide bonds. The van der Waals surface area contributed by atoms with Crippen molar-refractivity contribution in [2.24, 2.45) is 0 Å². The number of carbonyl (C=O) groups excluding carboxylic acids is 3. The van der Waals surface area contributed by atoms with Crippen LogP contribution in [0.3, 0.4) is 0 Å². The zero-order valence-corrected chi connectivity index (χ0v) is 8.86. The highest BCUT2D eigenvalue weighted by Gasteiger charge is 1.95. The molecule has 4 nitrogen and oxygen atoms in total. The first kappa shape index (κ1) is 13.3. The van der Waals surface area contributed by atoms with Crippen LogP contribution in [0.2, 0.25) is 0 Å². The summed E-state index contributed by atoms with van der Waals surface area (Å²) in [5.74, 6) is 0.542. The van der Waals surface area contributed by atoms with Crippen LogP contribution in [0.5, 0.6) is 0 Å². The Labute approximate surface area is 88.3 Å². The Kier molecular flexibility index (Phi) is 6.80. The van der Waals surface area contributed by atoms with Crippen LogP contribution in [0.15, 0.2) is 22.8 Å². The normalized spacial score (nSPS) is 8.67. The van der Waals surface area contributed by atoms with E-state index in [9.17, 15) is 14.4 Å². The number of hydrogen-bond acceptors (Lipinski definition) is 4. The molecule has 1 heterocycles. The third-order valence-electron chi connectivity index (χ3n) is 1.49. The van der Waals surface area contributed by atoms with Gasteiger partial charge >= 0.3 is 0 Å². The first-order chi connectivity index (χ1) is 7.06. The van der Waals surface area contributed by atoms with Crippen molar-refractivity contribution in [2.75, 3.05) is 0 Å². The summed E-state index contributed by atoms with van der Waals surface area (Å²) in [6, 6.07) is 3.27. The number of rotatable bonds is 4. The van der Waals surface area contributed by atoms with Crippen LogP contribution in [-0.2, 0) is 9.59 Å². The predicted octanol–water partition coefficient (Wildman–Crippen LogP) is 2.04. The number of furan rings is 1. The number of Topliss-reactive ketones (excluding diaryl/α,β-unsaturated/α-hetero) is 2. The first-order valence-electron chi connectivity index (χ1n) is 4.53. The molecule has 0 bridgehead atoms. The lowest BCUT2D eigenvalue weighted by atomic mass is 10.2. The van der Waals surface area contributed by atoms with E-state index in [1.807, 2.05) is 0 Å². The van der Waals surface area contributed by atoms with Crippen LogP contribution in [0.4, 0.5) is 0 Å². The van der Waals surface area contributed by atoms with Crippen molar-refractivity contribution < 1.29 is 18.8 Å². The zero-order chi connectivity index (χ0) is 11.7. The molecular formula is C11H14O4. The van der Waals surface area contributed by atoms with Crippen LogP contribution in [0.1, 0.15) is 37.2 Å². The topological polar surface area (TPSA) is 64.3 Å². The fourth-order valence-electron chi connectivity index (χ4n) is 0.710. The standard InChI is InChI=1S/C6H10O2.C5H4O2/c1-5(7)3-4-6(2)8;6-4-5-2-1-3-7-5/h3-4H2,1-2H3;1-4H. The van der Waals surface area contributed by atoms with E-state index in [2.05, 4.69) is 4.42 Å². The molecule has 15 heavy (non-hydrogen) atoms. The van der Waals surface area contributed by atoms with Crippen LogP contribution in [0, 0.1) is 0 Å². The van der Waals surface area contributed by atoms with Crippen molar-refractivity contribution in [1.82, 2.24) is 0 Å². The van der Waals surface area contributed by atoms with Gasteiger partial charge in [-0.25, -0.2) is 0 Å². The molecule has 0 aliphatic heterocycles. The second-order valence-electron chi connectivity index (χ2n) is 3.04. The molecule has 4 heteroatoms. The van der Waals surface area contributed by atoms with Gasteiger partial charge in [0.25, 0.3) is 0 Å². The minimum atomic E-state index is 0.0835. The van der Waals surface area contributed by atoms with Gasteiger partial charge in [0.1, 0.15) is 11.6 Å². The van der Waals surface area contributed by atoms with Gasteiger partial charge in [-0.15, -0.1) is 0 Å². The summed E-state index contributed by atoms with van der Waals surface area (Å²) in [4.78, 5) is 30.2. The lowest BCUT2D eigenvalue weighted by Gasteiger charge is -1.86. The van der Waals surface area contributed by atoms with E-state index in [0.717, 1.165) is 0 Å². The number of ketones is 2. The third-order valence-corrected chi connectivity index (χ3v) is 1.49. The van der Waals surface area contributed by atoms with Crippen molar-refractivity contribution in [1.29, 1.82) is 0 Å². The Bertz CT molecular complexity index is 297. The van der Waals surface area contributed by atoms with Gasteiger partial charge in [0.05, 0.1) is 6.26 Å². The highest BCUT2D eigenvalue weighted by molar-refractivity contribution is 5.83. The van der Waals surface area contributed by atoms with Crippen LogP contribution < -0.4 is 0 Å². The Morgan fingerprint density at radius 3 is 2.00 bits per heavy atom. The minimum Gasteiger partial charge on any atom is -0.462 e. The summed E-state index contributed by atoms with van der Waals surface area (Å²) >= 11 is 0. The van der Waals surface area contributed by atoms with E-state index in [-0.39, 0.29) is 11.6 Å². The minimum absolute atomic E-state index is 0.0835. The van der Waals surface area contributed by atoms with E-state index >= 15 is 0 Å². The molecule has 1 rings (SSSR count). The Hall–Kier alpha value is -1.71. The van der Waals surface area contributed by atoms with E-state index in [4.69, 9.17) is 0 Å². The summed E-state index contributed by atoms with van der Waals surface area (Å²) in [6.45, 7) is 2.98. The largest absolute Gasteiger partial charge is 0.462 e. The van der Waals surface area contributed by atoms with Crippen molar-refractivity contribution in [3.63, 3.8) is 0 Å². The first-order valence-corrected chi connectivity index (χ1v) is 4.53.